The van der Waals surface area contributed by atoms with Gasteiger partial charge in [0.15, 0.2) is 0 Å². The van der Waals surface area contributed by atoms with Crippen molar-refractivity contribution in [3.8, 4) is 0 Å². The van der Waals surface area contributed by atoms with E-state index in [9.17, 15) is 9.90 Å². The average Bonchev–Trinajstić information content (AvgIpc) is 2.38. The molecular weight excluding hydrogens is 276 g/mol. The van der Waals surface area contributed by atoms with Gasteiger partial charge in [0.2, 0.25) is 5.91 Å². The van der Waals surface area contributed by atoms with Crippen LogP contribution in [0, 0.1) is 20.8 Å². The highest BCUT2D eigenvalue weighted by Crippen LogP contribution is 2.22. The molecule has 1 aromatic carbocycles. The van der Waals surface area contributed by atoms with Crippen LogP contribution >= 0.6 is 0 Å². The summed E-state index contributed by atoms with van der Waals surface area (Å²) < 4.78 is 0. The van der Waals surface area contributed by atoms with Crippen LogP contribution in [0.1, 0.15) is 44.4 Å². The average molecular weight is 306 g/mol. The first kappa shape index (κ1) is 18.7. The van der Waals surface area contributed by atoms with E-state index in [0.717, 1.165) is 16.8 Å². The molecule has 0 heterocycles. The minimum absolute atomic E-state index is 0.0406. The Labute approximate surface area is 134 Å². The first-order valence-electron chi connectivity index (χ1n) is 7.90. The number of likely N-dealkylation sites (N-methyl/N-ethyl adjacent to an activating group) is 1. The van der Waals surface area contributed by atoms with Gasteiger partial charge in [-0.15, -0.1) is 0 Å². The van der Waals surface area contributed by atoms with Gasteiger partial charge in [-0.25, -0.2) is 0 Å². The lowest BCUT2D eigenvalue weighted by atomic mass is 10.0. The number of aryl methyl sites for hydroxylation is 3. The molecule has 1 rings (SSSR count). The summed E-state index contributed by atoms with van der Waals surface area (Å²) in [5, 5.41) is 13.0. The van der Waals surface area contributed by atoms with Crippen molar-refractivity contribution in [2.24, 2.45) is 0 Å². The number of anilines is 1. The third-order valence-electron chi connectivity index (χ3n) is 3.85. The smallest absolute Gasteiger partial charge is 0.241 e. The number of nitrogens with zero attached hydrogens (tertiary/aromatic N) is 1. The Morgan fingerprint density at radius 3 is 2.18 bits per heavy atom. The molecule has 0 bridgehead atoms. The van der Waals surface area contributed by atoms with Crippen molar-refractivity contribution in [3.05, 3.63) is 28.8 Å². The van der Waals surface area contributed by atoms with Crippen molar-refractivity contribution >= 4 is 11.6 Å². The summed E-state index contributed by atoms with van der Waals surface area (Å²) in [7, 11) is 0. The molecule has 2 N–H and O–H groups in total. The topological polar surface area (TPSA) is 52.6 Å². The minimum atomic E-state index is -0.819. The van der Waals surface area contributed by atoms with Gasteiger partial charge in [0, 0.05) is 12.2 Å². The van der Waals surface area contributed by atoms with Crippen LogP contribution in [0.2, 0.25) is 0 Å². The maximum Gasteiger partial charge on any atom is 0.241 e. The molecule has 0 aliphatic carbocycles. The van der Waals surface area contributed by atoms with E-state index in [0.29, 0.717) is 13.1 Å². The number of hydrogen-bond acceptors (Lipinski definition) is 3. The van der Waals surface area contributed by atoms with Gasteiger partial charge in [0.05, 0.1) is 11.6 Å². The molecule has 0 aliphatic rings. The lowest BCUT2D eigenvalue weighted by Gasteiger charge is -2.32. The number of hydrogen-bond donors (Lipinski definition) is 2. The Kier molecular flexibility index (Phi) is 6.15. The summed E-state index contributed by atoms with van der Waals surface area (Å²) in [6.45, 7) is 14.6. The molecule has 1 unspecified atom stereocenters. The lowest BCUT2D eigenvalue weighted by Crippen LogP contribution is -2.48. The maximum absolute atomic E-state index is 12.6. The van der Waals surface area contributed by atoms with E-state index in [2.05, 4.69) is 24.4 Å². The predicted molar refractivity (Wildman–Crippen MR) is 92.3 cm³/mol. The largest absolute Gasteiger partial charge is 0.389 e. The van der Waals surface area contributed by atoms with Crippen molar-refractivity contribution in [2.45, 2.75) is 60.1 Å². The van der Waals surface area contributed by atoms with E-state index in [1.54, 1.807) is 13.8 Å². The molecule has 0 aliphatic heterocycles. The van der Waals surface area contributed by atoms with Crippen molar-refractivity contribution in [1.29, 1.82) is 0 Å². The van der Waals surface area contributed by atoms with E-state index in [-0.39, 0.29) is 11.9 Å². The van der Waals surface area contributed by atoms with Crippen LogP contribution < -0.4 is 5.32 Å². The Morgan fingerprint density at radius 2 is 1.77 bits per heavy atom. The molecule has 0 spiro atoms. The van der Waals surface area contributed by atoms with Crippen LogP contribution in [0.5, 0.6) is 0 Å². The summed E-state index contributed by atoms with van der Waals surface area (Å²) in [6.07, 6.45) is 0. The second-order valence-corrected chi connectivity index (χ2v) is 6.81. The van der Waals surface area contributed by atoms with Gasteiger partial charge in [-0.05, 0) is 59.2 Å². The van der Waals surface area contributed by atoms with Gasteiger partial charge in [0.1, 0.15) is 0 Å². The fourth-order valence-corrected chi connectivity index (χ4v) is 2.79. The van der Waals surface area contributed by atoms with Gasteiger partial charge in [-0.1, -0.05) is 24.6 Å². The second kappa shape index (κ2) is 7.25. The summed E-state index contributed by atoms with van der Waals surface area (Å²) in [5.41, 5.74) is 3.41. The number of carbonyl (C=O) groups excluding carboxylic acids is 1. The fraction of sp³-hybridized carbons (Fsp3) is 0.611. The summed E-state index contributed by atoms with van der Waals surface area (Å²) in [4.78, 5) is 14.5. The van der Waals surface area contributed by atoms with E-state index < -0.39 is 5.60 Å². The van der Waals surface area contributed by atoms with Gasteiger partial charge < -0.3 is 10.4 Å². The first-order chi connectivity index (χ1) is 10.0. The van der Waals surface area contributed by atoms with Crippen LogP contribution in [-0.2, 0) is 4.79 Å². The molecule has 0 fully saturated rings. The fourth-order valence-electron chi connectivity index (χ4n) is 2.79. The standard InChI is InChI=1S/C18H30N2O2/c1-8-20(11-18(6,7)22)15(5)17(21)19-16-13(3)9-12(2)10-14(16)4/h9-10,15,22H,8,11H2,1-7H3,(H,19,21). The van der Waals surface area contributed by atoms with Crippen molar-refractivity contribution in [1.82, 2.24) is 4.90 Å². The SMILES string of the molecule is CCN(CC(C)(C)O)C(C)C(=O)Nc1c(C)cc(C)cc1C. The van der Waals surface area contributed by atoms with Crippen LogP contribution in [-0.4, -0.2) is 40.6 Å². The summed E-state index contributed by atoms with van der Waals surface area (Å²) >= 11 is 0. The van der Waals surface area contributed by atoms with Crippen molar-refractivity contribution in [3.63, 3.8) is 0 Å². The zero-order chi connectivity index (χ0) is 17.1. The Morgan fingerprint density at radius 1 is 1.27 bits per heavy atom. The molecule has 4 heteroatoms. The summed E-state index contributed by atoms with van der Waals surface area (Å²) in [6, 6.07) is 3.85. The van der Waals surface area contributed by atoms with Crippen LogP contribution in [0.15, 0.2) is 12.1 Å². The Balaban J connectivity index is 2.88. The highest BCUT2D eigenvalue weighted by molar-refractivity contribution is 5.96. The minimum Gasteiger partial charge on any atom is -0.389 e. The predicted octanol–water partition coefficient (Wildman–Crippen LogP) is 3.03. The zero-order valence-electron chi connectivity index (χ0n) is 14.9. The number of benzene rings is 1. The molecule has 1 aromatic rings. The van der Waals surface area contributed by atoms with E-state index in [1.807, 2.05) is 32.6 Å². The third-order valence-corrected chi connectivity index (χ3v) is 3.85. The quantitative estimate of drug-likeness (QED) is 0.849. The van der Waals surface area contributed by atoms with Crippen molar-refractivity contribution in [2.75, 3.05) is 18.4 Å². The second-order valence-electron chi connectivity index (χ2n) is 6.81. The van der Waals surface area contributed by atoms with E-state index in [1.165, 1.54) is 5.56 Å². The monoisotopic (exact) mass is 306 g/mol. The molecule has 0 saturated carbocycles. The van der Waals surface area contributed by atoms with E-state index in [4.69, 9.17) is 0 Å². The molecular formula is C18H30N2O2. The maximum atomic E-state index is 12.6. The molecule has 4 nitrogen and oxygen atoms in total. The molecule has 0 radical (unpaired) electrons. The van der Waals surface area contributed by atoms with Gasteiger partial charge in [0.25, 0.3) is 0 Å². The highest BCUT2D eigenvalue weighted by Gasteiger charge is 2.26. The normalized spacial score (nSPS) is 13.3. The molecule has 22 heavy (non-hydrogen) atoms. The summed E-state index contributed by atoms with van der Waals surface area (Å²) in [5.74, 6) is -0.0406. The molecule has 0 saturated heterocycles. The van der Waals surface area contributed by atoms with Crippen molar-refractivity contribution < 1.29 is 9.90 Å². The Bertz CT molecular complexity index is 509. The van der Waals surface area contributed by atoms with Gasteiger partial charge in [-0.3, -0.25) is 9.69 Å². The highest BCUT2D eigenvalue weighted by atomic mass is 16.3. The van der Waals surface area contributed by atoms with E-state index >= 15 is 0 Å². The third kappa shape index (κ3) is 5.11. The van der Waals surface area contributed by atoms with Crippen LogP contribution in [0.25, 0.3) is 0 Å². The molecule has 1 atom stereocenters. The Hall–Kier alpha value is -1.39. The molecule has 124 valence electrons. The lowest BCUT2D eigenvalue weighted by molar-refractivity contribution is -0.121. The number of nitrogens with one attached hydrogen (secondary N) is 1. The number of aliphatic hydroxyl groups is 1. The number of rotatable bonds is 6. The molecule has 0 aromatic heterocycles. The van der Waals surface area contributed by atoms with Crippen LogP contribution in [0.4, 0.5) is 5.69 Å². The zero-order valence-corrected chi connectivity index (χ0v) is 14.9. The van der Waals surface area contributed by atoms with Gasteiger partial charge >= 0.3 is 0 Å². The first-order valence-corrected chi connectivity index (χ1v) is 7.90. The number of amides is 1. The molecule has 1 amide bonds. The number of carbonyl (C=O) groups is 1. The van der Waals surface area contributed by atoms with Gasteiger partial charge in [-0.2, -0.15) is 0 Å². The van der Waals surface area contributed by atoms with Crippen LogP contribution in [0.3, 0.4) is 0 Å².